The average Bonchev–Trinajstić information content (AvgIpc) is 2.75. The lowest BCUT2D eigenvalue weighted by Gasteiger charge is -2.02. The Balaban J connectivity index is 2.64. The Morgan fingerprint density at radius 3 is 2.89 bits per heavy atom. The Bertz CT molecular complexity index is 421. The Morgan fingerprint density at radius 2 is 2.28 bits per heavy atom. The molecule has 0 radical (unpaired) electrons. The highest BCUT2D eigenvalue weighted by molar-refractivity contribution is 7.13. The van der Waals surface area contributed by atoms with E-state index in [0.29, 0.717) is 6.61 Å². The van der Waals surface area contributed by atoms with Crippen LogP contribution in [0, 0.1) is 0 Å². The molecule has 4 heteroatoms. The highest BCUT2D eigenvalue weighted by Crippen LogP contribution is 2.25. The molecular weight excluding hydrogens is 246 g/mol. The van der Waals surface area contributed by atoms with Gasteiger partial charge in [-0.15, -0.1) is 11.3 Å². The topological polar surface area (TPSA) is 52.3 Å². The fourth-order valence-electron chi connectivity index (χ4n) is 1.53. The summed E-state index contributed by atoms with van der Waals surface area (Å²) in [4.78, 5) is 13.8. The molecule has 0 amide bonds. The van der Waals surface area contributed by atoms with Crippen LogP contribution >= 0.6 is 11.3 Å². The third-order valence-corrected chi connectivity index (χ3v) is 3.80. The van der Waals surface area contributed by atoms with Crippen molar-refractivity contribution in [2.24, 2.45) is 5.73 Å². The standard InChI is InChI=1S/C14H21NO2S/c1-4-17-14(16)9-10(2)13-8-7-12(18-13)6-5-11(3)15/h7-9,11H,4-6,15H2,1-3H3/t11-/m1/s1. The first-order chi connectivity index (χ1) is 8.52. The van der Waals surface area contributed by atoms with Gasteiger partial charge in [-0.1, -0.05) is 0 Å². The van der Waals surface area contributed by atoms with Crippen molar-refractivity contribution in [2.75, 3.05) is 6.61 Å². The molecule has 3 nitrogen and oxygen atoms in total. The fourth-order valence-corrected chi connectivity index (χ4v) is 2.52. The Kier molecular flexibility index (Phi) is 6.09. The minimum atomic E-state index is -0.277. The number of carbonyl (C=O) groups excluding carboxylic acids is 1. The van der Waals surface area contributed by atoms with Crippen LogP contribution in [0.2, 0.25) is 0 Å². The van der Waals surface area contributed by atoms with Gasteiger partial charge in [0.1, 0.15) is 0 Å². The molecule has 1 aromatic rings. The number of carbonyl (C=O) groups is 1. The maximum Gasteiger partial charge on any atom is 0.331 e. The number of rotatable bonds is 6. The number of nitrogens with two attached hydrogens (primary N) is 1. The molecule has 1 rings (SSSR count). The van der Waals surface area contributed by atoms with E-state index in [1.54, 1.807) is 24.3 Å². The number of hydrogen-bond donors (Lipinski definition) is 1. The Morgan fingerprint density at radius 1 is 1.56 bits per heavy atom. The van der Waals surface area contributed by atoms with Crippen LogP contribution in [-0.4, -0.2) is 18.6 Å². The van der Waals surface area contributed by atoms with E-state index in [2.05, 4.69) is 6.07 Å². The third kappa shape index (κ3) is 5.02. The normalized spacial score (nSPS) is 13.4. The van der Waals surface area contributed by atoms with Gasteiger partial charge in [0, 0.05) is 21.9 Å². The number of ether oxygens (including phenoxy) is 1. The number of allylic oxidation sites excluding steroid dienone is 1. The first-order valence-corrected chi connectivity index (χ1v) is 7.04. The van der Waals surface area contributed by atoms with Crippen molar-refractivity contribution in [3.63, 3.8) is 0 Å². The van der Waals surface area contributed by atoms with Gasteiger partial charge in [-0.2, -0.15) is 0 Å². The summed E-state index contributed by atoms with van der Waals surface area (Å²) in [6, 6.07) is 4.38. The molecule has 0 fully saturated rings. The van der Waals surface area contributed by atoms with Crippen molar-refractivity contribution >= 4 is 22.9 Å². The van der Waals surface area contributed by atoms with E-state index in [-0.39, 0.29) is 12.0 Å². The van der Waals surface area contributed by atoms with Crippen molar-refractivity contribution in [3.05, 3.63) is 28.0 Å². The molecule has 0 aliphatic heterocycles. The first kappa shape index (κ1) is 14.9. The fraction of sp³-hybridized carbons (Fsp3) is 0.500. The zero-order valence-electron chi connectivity index (χ0n) is 11.2. The lowest BCUT2D eigenvalue weighted by atomic mass is 10.2. The summed E-state index contributed by atoms with van der Waals surface area (Å²) >= 11 is 1.71. The molecule has 0 saturated heterocycles. The van der Waals surface area contributed by atoms with Crippen molar-refractivity contribution in [1.82, 2.24) is 0 Å². The second-order valence-electron chi connectivity index (χ2n) is 4.36. The number of hydrogen-bond acceptors (Lipinski definition) is 4. The zero-order valence-corrected chi connectivity index (χ0v) is 12.0. The monoisotopic (exact) mass is 267 g/mol. The first-order valence-electron chi connectivity index (χ1n) is 6.22. The summed E-state index contributed by atoms with van der Waals surface area (Å²) in [5.41, 5.74) is 6.69. The summed E-state index contributed by atoms with van der Waals surface area (Å²) in [6.07, 6.45) is 3.53. The van der Waals surface area contributed by atoms with Gasteiger partial charge in [0.15, 0.2) is 0 Å². The molecule has 0 aliphatic carbocycles. The Labute approximate surface area is 113 Å². The number of aryl methyl sites for hydroxylation is 1. The minimum absolute atomic E-state index is 0.228. The predicted molar refractivity (Wildman–Crippen MR) is 76.6 cm³/mol. The number of thiophene rings is 1. The lowest BCUT2D eigenvalue weighted by Crippen LogP contribution is -2.14. The van der Waals surface area contributed by atoms with Gasteiger partial charge in [-0.3, -0.25) is 0 Å². The van der Waals surface area contributed by atoms with E-state index >= 15 is 0 Å². The van der Waals surface area contributed by atoms with Gasteiger partial charge < -0.3 is 10.5 Å². The second-order valence-corrected chi connectivity index (χ2v) is 5.53. The minimum Gasteiger partial charge on any atom is -0.463 e. The quantitative estimate of drug-likeness (QED) is 0.637. The number of esters is 1. The molecule has 1 atom stereocenters. The summed E-state index contributed by atoms with van der Waals surface area (Å²) in [5.74, 6) is -0.277. The summed E-state index contributed by atoms with van der Waals surface area (Å²) in [6.45, 7) is 6.16. The van der Waals surface area contributed by atoms with Crippen LogP contribution in [0.4, 0.5) is 0 Å². The van der Waals surface area contributed by atoms with Gasteiger partial charge in [0.25, 0.3) is 0 Å². The zero-order chi connectivity index (χ0) is 13.5. The predicted octanol–water partition coefficient (Wildman–Crippen LogP) is 2.99. The molecule has 0 aromatic carbocycles. The third-order valence-electron chi connectivity index (χ3n) is 2.52. The van der Waals surface area contributed by atoms with Crippen molar-refractivity contribution in [3.8, 4) is 0 Å². The van der Waals surface area contributed by atoms with Gasteiger partial charge >= 0.3 is 5.97 Å². The van der Waals surface area contributed by atoms with Gasteiger partial charge in [0.2, 0.25) is 0 Å². The van der Waals surface area contributed by atoms with Crippen LogP contribution < -0.4 is 5.73 Å². The molecule has 2 N–H and O–H groups in total. The molecule has 0 spiro atoms. The van der Waals surface area contributed by atoms with Crippen LogP contribution in [0.25, 0.3) is 5.57 Å². The molecule has 1 aromatic heterocycles. The molecule has 0 bridgehead atoms. The summed E-state index contributed by atoms with van der Waals surface area (Å²) in [7, 11) is 0. The maximum absolute atomic E-state index is 11.3. The molecule has 0 unspecified atom stereocenters. The van der Waals surface area contributed by atoms with Crippen LogP contribution in [0.5, 0.6) is 0 Å². The van der Waals surface area contributed by atoms with E-state index in [9.17, 15) is 4.79 Å². The molecule has 1 heterocycles. The Hall–Kier alpha value is -1.13. The SMILES string of the molecule is CCOC(=O)C=C(C)c1ccc(CC[C@@H](C)N)s1. The average molecular weight is 267 g/mol. The highest BCUT2D eigenvalue weighted by Gasteiger charge is 2.05. The smallest absolute Gasteiger partial charge is 0.331 e. The van der Waals surface area contributed by atoms with Gasteiger partial charge in [-0.25, -0.2) is 4.79 Å². The van der Waals surface area contributed by atoms with E-state index in [1.165, 1.54) is 4.88 Å². The van der Waals surface area contributed by atoms with E-state index in [4.69, 9.17) is 10.5 Å². The largest absolute Gasteiger partial charge is 0.463 e. The van der Waals surface area contributed by atoms with Crippen LogP contribution in [0.1, 0.15) is 36.9 Å². The summed E-state index contributed by atoms with van der Waals surface area (Å²) < 4.78 is 4.89. The van der Waals surface area contributed by atoms with Crippen molar-refractivity contribution < 1.29 is 9.53 Å². The molecule has 100 valence electrons. The van der Waals surface area contributed by atoms with Crippen molar-refractivity contribution in [2.45, 2.75) is 39.7 Å². The molecular formula is C14H21NO2S. The van der Waals surface area contributed by atoms with Crippen LogP contribution in [0.3, 0.4) is 0 Å². The van der Waals surface area contributed by atoms with Gasteiger partial charge in [0.05, 0.1) is 6.61 Å². The van der Waals surface area contributed by atoms with Crippen LogP contribution in [0.15, 0.2) is 18.2 Å². The van der Waals surface area contributed by atoms with E-state index < -0.39 is 0 Å². The highest BCUT2D eigenvalue weighted by atomic mass is 32.1. The van der Waals surface area contributed by atoms with E-state index in [1.807, 2.05) is 19.9 Å². The van der Waals surface area contributed by atoms with Gasteiger partial charge in [-0.05, 0) is 51.3 Å². The molecule has 0 aliphatic rings. The maximum atomic E-state index is 11.3. The summed E-state index contributed by atoms with van der Waals surface area (Å²) in [5, 5.41) is 0. The van der Waals surface area contributed by atoms with Crippen LogP contribution in [-0.2, 0) is 16.0 Å². The second kappa shape index (κ2) is 7.34. The van der Waals surface area contributed by atoms with E-state index in [0.717, 1.165) is 23.3 Å². The van der Waals surface area contributed by atoms with Crippen molar-refractivity contribution in [1.29, 1.82) is 0 Å². The molecule has 0 saturated carbocycles. The molecule has 18 heavy (non-hydrogen) atoms. The lowest BCUT2D eigenvalue weighted by molar-refractivity contribution is -0.137.